The minimum Gasteiger partial charge on any atom is -0.329 e. The highest BCUT2D eigenvalue weighted by molar-refractivity contribution is 4.88. The molecule has 3 unspecified atom stereocenters. The molecule has 0 aliphatic carbocycles. The highest BCUT2D eigenvalue weighted by atomic mass is 15.2. The second-order valence-electron chi connectivity index (χ2n) is 5.27. The minimum absolute atomic E-state index is 0.611. The maximum Gasteiger partial charge on any atom is 0.0249 e. The minimum atomic E-state index is 0.611. The lowest BCUT2D eigenvalue weighted by atomic mass is 9.92. The molecule has 1 fully saturated rings. The lowest BCUT2D eigenvalue weighted by Crippen LogP contribution is -2.47. The Morgan fingerprint density at radius 2 is 1.87 bits per heavy atom. The van der Waals surface area contributed by atoms with Crippen LogP contribution in [0.2, 0.25) is 0 Å². The van der Waals surface area contributed by atoms with Crippen LogP contribution in [0.15, 0.2) is 0 Å². The Bertz CT molecular complexity index is 177. The van der Waals surface area contributed by atoms with Gasteiger partial charge >= 0.3 is 0 Å². The van der Waals surface area contributed by atoms with Crippen LogP contribution in [0.5, 0.6) is 0 Å². The fraction of sp³-hybridized carbons (Fsp3) is 1.00. The molecule has 1 aliphatic heterocycles. The van der Waals surface area contributed by atoms with Gasteiger partial charge in [-0.2, -0.15) is 0 Å². The highest BCUT2D eigenvalue weighted by Gasteiger charge is 2.33. The average Bonchev–Trinajstić information content (AvgIpc) is 2.54. The second kappa shape index (κ2) is 5.86. The molecule has 2 heteroatoms. The van der Waals surface area contributed by atoms with E-state index < -0.39 is 0 Å². The van der Waals surface area contributed by atoms with E-state index >= 15 is 0 Å². The molecule has 0 aromatic rings. The predicted octanol–water partition coefficient (Wildman–Crippen LogP) is 2.48. The van der Waals surface area contributed by atoms with E-state index in [0.29, 0.717) is 6.04 Å². The number of hydrogen-bond acceptors (Lipinski definition) is 2. The first-order chi connectivity index (χ1) is 7.13. The zero-order chi connectivity index (χ0) is 11.4. The summed E-state index contributed by atoms with van der Waals surface area (Å²) in [6.07, 6.45) is 3.86. The van der Waals surface area contributed by atoms with Gasteiger partial charge in [0.05, 0.1) is 0 Å². The van der Waals surface area contributed by atoms with Gasteiger partial charge in [-0.1, -0.05) is 33.6 Å². The number of rotatable bonds is 5. The van der Waals surface area contributed by atoms with Crippen molar-refractivity contribution in [2.24, 2.45) is 17.6 Å². The summed E-state index contributed by atoms with van der Waals surface area (Å²) in [5.74, 6) is 1.63. The van der Waals surface area contributed by atoms with E-state index in [1.54, 1.807) is 0 Å². The van der Waals surface area contributed by atoms with E-state index in [9.17, 15) is 0 Å². The number of hydrogen-bond donors (Lipinski definition) is 1. The fourth-order valence-electron chi connectivity index (χ4n) is 3.23. The van der Waals surface area contributed by atoms with Gasteiger partial charge in [0, 0.05) is 25.2 Å². The molecule has 3 atom stereocenters. The van der Waals surface area contributed by atoms with Gasteiger partial charge < -0.3 is 5.73 Å². The van der Waals surface area contributed by atoms with Crippen LogP contribution in [0.3, 0.4) is 0 Å². The van der Waals surface area contributed by atoms with E-state index in [-0.39, 0.29) is 0 Å². The van der Waals surface area contributed by atoms with Crippen molar-refractivity contribution >= 4 is 0 Å². The molecule has 0 bridgehead atoms. The summed E-state index contributed by atoms with van der Waals surface area (Å²) in [6, 6.07) is 1.34. The molecule has 1 saturated heterocycles. The van der Waals surface area contributed by atoms with Gasteiger partial charge in [-0.05, 0) is 25.2 Å². The van der Waals surface area contributed by atoms with Crippen molar-refractivity contribution in [3.05, 3.63) is 0 Å². The number of likely N-dealkylation sites (tertiary alicyclic amines) is 1. The molecule has 0 radical (unpaired) electrons. The maximum atomic E-state index is 5.97. The van der Waals surface area contributed by atoms with Crippen molar-refractivity contribution in [1.82, 2.24) is 4.90 Å². The molecular formula is C13H28N2. The Labute approximate surface area is 95.2 Å². The average molecular weight is 212 g/mol. The van der Waals surface area contributed by atoms with Crippen molar-refractivity contribution in [2.75, 3.05) is 13.1 Å². The predicted molar refractivity (Wildman–Crippen MR) is 66.9 cm³/mol. The van der Waals surface area contributed by atoms with Crippen molar-refractivity contribution in [1.29, 1.82) is 0 Å². The molecule has 1 aliphatic rings. The Morgan fingerprint density at radius 1 is 1.27 bits per heavy atom. The van der Waals surface area contributed by atoms with E-state index in [2.05, 4.69) is 32.6 Å². The van der Waals surface area contributed by atoms with Crippen LogP contribution in [-0.4, -0.2) is 30.1 Å². The summed E-state index contributed by atoms with van der Waals surface area (Å²) in [5, 5.41) is 0. The van der Waals surface area contributed by atoms with Crippen LogP contribution in [0.25, 0.3) is 0 Å². The zero-order valence-corrected chi connectivity index (χ0v) is 10.9. The zero-order valence-electron chi connectivity index (χ0n) is 10.9. The Hall–Kier alpha value is -0.0800. The van der Waals surface area contributed by atoms with Gasteiger partial charge in [0.15, 0.2) is 0 Å². The smallest absolute Gasteiger partial charge is 0.0249 e. The lowest BCUT2D eigenvalue weighted by Gasteiger charge is -2.36. The van der Waals surface area contributed by atoms with Crippen LogP contribution in [0.4, 0.5) is 0 Å². The van der Waals surface area contributed by atoms with Crippen LogP contribution in [0, 0.1) is 11.8 Å². The summed E-state index contributed by atoms with van der Waals surface area (Å²) in [4.78, 5) is 2.66. The molecule has 2 N–H and O–H groups in total. The number of nitrogens with zero attached hydrogens (tertiary/aromatic N) is 1. The third kappa shape index (κ3) is 2.94. The van der Waals surface area contributed by atoms with E-state index in [4.69, 9.17) is 5.73 Å². The second-order valence-corrected chi connectivity index (χ2v) is 5.27. The first-order valence-corrected chi connectivity index (χ1v) is 6.59. The molecule has 0 saturated carbocycles. The third-order valence-electron chi connectivity index (χ3n) is 4.09. The maximum absolute atomic E-state index is 5.97. The Balaban J connectivity index is 2.65. The van der Waals surface area contributed by atoms with Crippen molar-refractivity contribution < 1.29 is 0 Å². The van der Waals surface area contributed by atoms with Crippen molar-refractivity contribution in [2.45, 2.75) is 59.0 Å². The molecular weight excluding hydrogens is 184 g/mol. The summed E-state index contributed by atoms with van der Waals surface area (Å²) in [6.45, 7) is 11.4. The molecule has 0 spiro atoms. The number of nitrogens with two attached hydrogens (primary N) is 1. The van der Waals surface area contributed by atoms with Crippen molar-refractivity contribution in [3.8, 4) is 0 Å². The van der Waals surface area contributed by atoms with Crippen LogP contribution >= 0.6 is 0 Å². The van der Waals surface area contributed by atoms with Gasteiger partial charge in [-0.3, -0.25) is 4.90 Å². The summed E-state index contributed by atoms with van der Waals surface area (Å²) >= 11 is 0. The van der Waals surface area contributed by atoms with E-state index in [1.807, 2.05) is 0 Å². The third-order valence-corrected chi connectivity index (χ3v) is 4.09. The largest absolute Gasteiger partial charge is 0.329 e. The molecule has 1 heterocycles. The van der Waals surface area contributed by atoms with E-state index in [0.717, 1.165) is 24.4 Å². The standard InChI is InChI=1S/C13H28N2/c1-5-12(6-2)13(8-14)15-9-10(3)7-11(15)4/h10-13H,5-9,14H2,1-4H3. The SMILES string of the molecule is CCC(CC)C(CN)N1CC(C)CC1C. The van der Waals surface area contributed by atoms with Gasteiger partial charge in [0.25, 0.3) is 0 Å². The molecule has 1 rings (SSSR count). The monoisotopic (exact) mass is 212 g/mol. The molecule has 0 aromatic carbocycles. The first-order valence-electron chi connectivity index (χ1n) is 6.59. The first kappa shape index (κ1) is 13.0. The summed E-state index contributed by atoms with van der Waals surface area (Å²) in [7, 11) is 0. The normalized spacial score (nSPS) is 30.0. The van der Waals surface area contributed by atoms with Crippen LogP contribution in [0.1, 0.15) is 47.0 Å². The highest BCUT2D eigenvalue weighted by Crippen LogP contribution is 2.29. The molecule has 90 valence electrons. The van der Waals surface area contributed by atoms with Gasteiger partial charge in [-0.15, -0.1) is 0 Å². The van der Waals surface area contributed by atoms with Gasteiger partial charge in [-0.25, -0.2) is 0 Å². The lowest BCUT2D eigenvalue weighted by molar-refractivity contribution is 0.131. The Kier molecular flexibility index (Phi) is 5.07. The van der Waals surface area contributed by atoms with E-state index in [1.165, 1.54) is 25.8 Å². The molecule has 15 heavy (non-hydrogen) atoms. The Morgan fingerprint density at radius 3 is 2.20 bits per heavy atom. The van der Waals surface area contributed by atoms with Gasteiger partial charge in [0.1, 0.15) is 0 Å². The van der Waals surface area contributed by atoms with Crippen LogP contribution in [-0.2, 0) is 0 Å². The van der Waals surface area contributed by atoms with Gasteiger partial charge in [0.2, 0.25) is 0 Å². The summed E-state index contributed by atoms with van der Waals surface area (Å²) in [5.41, 5.74) is 5.97. The molecule has 0 aromatic heterocycles. The van der Waals surface area contributed by atoms with Crippen molar-refractivity contribution in [3.63, 3.8) is 0 Å². The molecule has 2 nitrogen and oxygen atoms in total. The topological polar surface area (TPSA) is 29.3 Å². The fourth-order valence-corrected chi connectivity index (χ4v) is 3.23. The quantitative estimate of drug-likeness (QED) is 0.758. The summed E-state index contributed by atoms with van der Waals surface area (Å²) < 4.78 is 0. The molecule has 0 amide bonds. The van der Waals surface area contributed by atoms with Crippen LogP contribution < -0.4 is 5.73 Å².